The molecule has 0 spiro atoms. The number of esters is 1. The number of ether oxygens (including phenoxy) is 1. The first-order valence-corrected chi connectivity index (χ1v) is 3.31. The van der Waals surface area contributed by atoms with Gasteiger partial charge in [0.15, 0.2) is 6.10 Å². The second-order valence-electron chi connectivity index (χ2n) is 2.44. The molecule has 0 saturated carbocycles. The summed E-state index contributed by atoms with van der Waals surface area (Å²) in [6, 6.07) is 0. The molecule has 3 unspecified atom stereocenters. The van der Waals surface area contributed by atoms with Gasteiger partial charge < -0.3 is 20.1 Å². The van der Waals surface area contributed by atoms with Crippen molar-refractivity contribution >= 4 is 5.97 Å². The van der Waals surface area contributed by atoms with Crippen molar-refractivity contribution in [1.82, 2.24) is 0 Å². The van der Waals surface area contributed by atoms with Crippen LogP contribution in [0, 0.1) is 5.92 Å². The average Bonchev–Trinajstić information content (AvgIpc) is 2.26. The Hall–Kier alpha value is -0.650. The van der Waals surface area contributed by atoms with E-state index >= 15 is 0 Å². The third-order valence-corrected chi connectivity index (χ3v) is 1.74. The number of hydrogen-bond acceptors (Lipinski definition) is 5. The van der Waals surface area contributed by atoms with Crippen LogP contribution in [-0.2, 0) is 9.53 Å². The average molecular weight is 162 g/mol. The Morgan fingerprint density at radius 1 is 1.36 bits per heavy atom. The van der Waals surface area contributed by atoms with Crippen molar-refractivity contribution in [3.05, 3.63) is 0 Å². The van der Waals surface area contributed by atoms with Crippen LogP contribution in [0.15, 0.2) is 0 Å². The Balaban J connectivity index is 2.62. The molecule has 1 saturated heterocycles. The fourth-order valence-corrected chi connectivity index (χ4v) is 1.03. The lowest BCUT2D eigenvalue weighted by Gasteiger charge is -2.10. The number of aliphatic hydroxyl groups is 3. The van der Waals surface area contributed by atoms with Crippen molar-refractivity contribution in [2.45, 2.75) is 12.2 Å². The molecule has 1 aliphatic heterocycles. The Labute approximate surface area is 63.2 Å². The molecule has 1 rings (SSSR count). The molecule has 5 heteroatoms. The predicted molar refractivity (Wildman–Crippen MR) is 33.5 cm³/mol. The third-order valence-electron chi connectivity index (χ3n) is 1.74. The second kappa shape index (κ2) is 3.17. The fourth-order valence-electron chi connectivity index (χ4n) is 1.03. The van der Waals surface area contributed by atoms with Gasteiger partial charge in [0.25, 0.3) is 0 Å². The van der Waals surface area contributed by atoms with E-state index < -0.39 is 37.3 Å². The summed E-state index contributed by atoms with van der Waals surface area (Å²) in [5.41, 5.74) is 0. The lowest BCUT2D eigenvalue weighted by Crippen LogP contribution is -2.31. The molecule has 0 aromatic heterocycles. The lowest BCUT2D eigenvalue weighted by molar-refractivity contribution is -0.146. The predicted octanol–water partition coefficient (Wildman–Crippen LogP) is -2.13. The van der Waals surface area contributed by atoms with Gasteiger partial charge in [-0.25, -0.2) is 0 Å². The number of rotatable bonds is 2. The zero-order valence-electron chi connectivity index (χ0n) is 5.80. The Morgan fingerprint density at radius 2 is 2.00 bits per heavy atom. The van der Waals surface area contributed by atoms with E-state index in [9.17, 15) is 4.79 Å². The van der Waals surface area contributed by atoms with Crippen LogP contribution < -0.4 is 0 Å². The molecular weight excluding hydrogens is 152 g/mol. The van der Waals surface area contributed by atoms with Gasteiger partial charge in [-0.1, -0.05) is 0 Å². The van der Waals surface area contributed by atoms with Gasteiger partial charge in [0.05, 0.1) is 13.2 Å². The lowest BCUT2D eigenvalue weighted by atomic mass is 10.0. The van der Waals surface area contributed by atoms with Gasteiger partial charge in [-0.3, -0.25) is 4.79 Å². The zero-order valence-corrected chi connectivity index (χ0v) is 5.80. The van der Waals surface area contributed by atoms with Gasteiger partial charge in [-0.15, -0.1) is 0 Å². The number of carbonyl (C=O) groups excluding carboxylic acids is 1. The highest BCUT2D eigenvalue weighted by Crippen LogP contribution is 2.20. The van der Waals surface area contributed by atoms with Crippen LogP contribution in [0.1, 0.15) is 0 Å². The first-order chi connectivity index (χ1) is 5.20. The number of hydrogen-bond donors (Lipinski definition) is 3. The summed E-state index contributed by atoms with van der Waals surface area (Å²) in [5.74, 6) is -1.55. The number of aliphatic hydroxyl groups excluding tert-OH is 3. The van der Waals surface area contributed by atoms with Gasteiger partial charge in [0.1, 0.15) is 12.0 Å². The minimum absolute atomic E-state index is 0.413. The quantitative estimate of drug-likeness (QED) is 0.404. The van der Waals surface area contributed by atoms with Crippen molar-refractivity contribution in [1.29, 1.82) is 0 Å². The molecule has 0 bridgehead atoms. The van der Waals surface area contributed by atoms with E-state index in [2.05, 4.69) is 4.74 Å². The van der Waals surface area contributed by atoms with Crippen LogP contribution in [0.4, 0.5) is 0 Å². The molecule has 0 amide bonds. The van der Waals surface area contributed by atoms with E-state index in [1.807, 2.05) is 0 Å². The highest BCUT2D eigenvalue weighted by molar-refractivity contribution is 5.75. The van der Waals surface area contributed by atoms with Crippen LogP contribution in [0.3, 0.4) is 0 Å². The topological polar surface area (TPSA) is 87.0 Å². The first kappa shape index (κ1) is 8.45. The second-order valence-corrected chi connectivity index (χ2v) is 2.44. The SMILES string of the molecule is O=C1OC(CO)C(O)C1CO. The molecule has 11 heavy (non-hydrogen) atoms. The maximum atomic E-state index is 10.7. The standard InChI is InChI=1S/C6H10O5/c7-1-3-5(9)4(2-8)11-6(3)10/h3-5,7-9H,1-2H2. The summed E-state index contributed by atoms with van der Waals surface area (Å²) in [5, 5.41) is 26.3. The fraction of sp³-hybridized carbons (Fsp3) is 0.833. The van der Waals surface area contributed by atoms with Gasteiger partial charge in [0, 0.05) is 0 Å². The zero-order chi connectivity index (χ0) is 8.43. The van der Waals surface area contributed by atoms with Crippen molar-refractivity contribution in [3.63, 3.8) is 0 Å². The largest absolute Gasteiger partial charge is 0.457 e. The summed E-state index contributed by atoms with van der Waals surface area (Å²) in [6.07, 6.45) is -1.96. The number of cyclic esters (lactones) is 1. The molecule has 0 aromatic rings. The highest BCUT2D eigenvalue weighted by Gasteiger charge is 2.42. The Morgan fingerprint density at radius 3 is 2.27 bits per heavy atom. The molecule has 1 aliphatic rings. The summed E-state index contributed by atoms with van der Waals surface area (Å²) >= 11 is 0. The normalized spacial score (nSPS) is 37.4. The smallest absolute Gasteiger partial charge is 0.314 e. The summed E-state index contributed by atoms with van der Waals surface area (Å²) in [7, 11) is 0. The summed E-state index contributed by atoms with van der Waals surface area (Å²) < 4.78 is 4.53. The van der Waals surface area contributed by atoms with Crippen LogP contribution in [-0.4, -0.2) is 46.7 Å². The molecule has 3 atom stereocenters. The minimum atomic E-state index is -1.09. The van der Waals surface area contributed by atoms with Crippen molar-refractivity contribution in [2.75, 3.05) is 13.2 Å². The van der Waals surface area contributed by atoms with E-state index in [4.69, 9.17) is 15.3 Å². The molecule has 0 aliphatic carbocycles. The molecule has 0 radical (unpaired) electrons. The van der Waals surface area contributed by atoms with Gasteiger partial charge in [-0.05, 0) is 0 Å². The molecule has 1 fully saturated rings. The molecule has 5 nitrogen and oxygen atoms in total. The monoisotopic (exact) mass is 162 g/mol. The molecule has 64 valence electrons. The van der Waals surface area contributed by atoms with Gasteiger partial charge in [0.2, 0.25) is 0 Å². The van der Waals surface area contributed by atoms with Crippen LogP contribution in [0.5, 0.6) is 0 Å². The van der Waals surface area contributed by atoms with E-state index in [-0.39, 0.29) is 0 Å². The minimum Gasteiger partial charge on any atom is -0.457 e. The van der Waals surface area contributed by atoms with Gasteiger partial charge >= 0.3 is 5.97 Å². The van der Waals surface area contributed by atoms with E-state index in [0.717, 1.165) is 0 Å². The summed E-state index contributed by atoms with van der Waals surface area (Å²) in [6.45, 7) is -0.861. The molecule has 1 heterocycles. The van der Waals surface area contributed by atoms with Crippen LogP contribution in [0.2, 0.25) is 0 Å². The number of carbonyl (C=O) groups is 1. The van der Waals surface area contributed by atoms with E-state index in [0.29, 0.717) is 0 Å². The Kier molecular flexibility index (Phi) is 2.43. The third kappa shape index (κ3) is 1.35. The maximum absolute atomic E-state index is 10.7. The van der Waals surface area contributed by atoms with Crippen molar-refractivity contribution in [2.24, 2.45) is 5.92 Å². The summed E-state index contributed by atoms with van der Waals surface area (Å²) in [4.78, 5) is 10.7. The first-order valence-electron chi connectivity index (χ1n) is 3.31. The van der Waals surface area contributed by atoms with Gasteiger partial charge in [-0.2, -0.15) is 0 Å². The maximum Gasteiger partial charge on any atom is 0.314 e. The molecule has 0 aromatic carbocycles. The van der Waals surface area contributed by atoms with Crippen LogP contribution >= 0.6 is 0 Å². The van der Waals surface area contributed by atoms with E-state index in [1.165, 1.54) is 0 Å². The molecular formula is C6H10O5. The van der Waals surface area contributed by atoms with Crippen LogP contribution in [0.25, 0.3) is 0 Å². The van der Waals surface area contributed by atoms with E-state index in [1.54, 1.807) is 0 Å². The van der Waals surface area contributed by atoms with Crippen molar-refractivity contribution in [3.8, 4) is 0 Å². The van der Waals surface area contributed by atoms with Crippen molar-refractivity contribution < 1.29 is 24.9 Å². The highest BCUT2D eigenvalue weighted by atomic mass is 16.6. The molecule has 3 N–H and O–H groups in total. The Bertz CT molecular complexity index is 157.